The van der Waals surface area contributed by atoms with E-state index >= 15 is 0 Å². The third kappa shape index (κ3) is 4.22. The molecule has 0 unspecified atom stereocenters. The fraction of sp³-hybridized carbons (Fsp3) is 0.100. The Labute approximate surface area is 162 Å². The third-order valence-electron chi connectivity index (χ3n) is 4.02. The van der Waals surface area contributed by atoms with E-state index < -0.39 is 15.6 Å². The Bertz CT molecular complexity index is 1220. The van der Waals surface area contributed by atoms with Crippen molar-refractivity contribution in [3.8, 4) is 34.2 Å². The second-order valence-electron chi connectivity index (χ2n) is 6.10. The van der Waals surface area contributed by atoms with Crippen molar-refractivity contribution in [1.29, 1.82) is 5.26 Å². The number of hydrogen-bond acceptors (Lipinski definition) is 5. The second-order valence-corrected chi connectivity index (χ2v) is 7.84. The van der Waals surface area contributed by atoms with Crippen LogP contribution >= 0.6 is 0 Å². The highest BCUT2D eigenvalue weighted by atomic mass is 32.2. The molecule has 0 saturated carbocycles. The van der Waals surface area contributed by atoms with Crippen molar-refractivity contribution in [3.05, 3.63) is 70.5 Å². The topological polar surface area (TPSA) is 112 Å². The Morgan fingerprint density at radius 2 is 1.79 bits per heavy atom. The fourth-order valence-corrected chi connectivity index (χ4v) is 3.34. The van der Waals surface area contributed by atoms with Gasteiger partial charge in [0.05, 0.1) is 13.4 Å². The van der Waals surface area contributed by atoms with Gasteiger partial charge in [-0.25, -0.2) is 8.42 Å². The zero-order valence-electron chi connectivity index (χ0n) is 15.2. The predicted molar refractivity (Wildman–Crippen MR) is 108 cm³/mol. The number of nitrogens with zero attached hydrogens (tertiary/aromatic N) is 1. The summed E-state index contributed by atoms with van der Waals surface area (Å²) in [5, 5.41) is 9.43. The molecule has 0 bridgehead atoms. The van der Waals surface area contributed by atoms with Crippen LogP contribution in [0.4, 0.5) is 5.69 Å². The molecular formula is C20H17N3O4S. The van der Waals surface area contributed by atoms with E-state index in [1.54, 1.807) is 61.7 Å². The maximum absolute atomic E-state index is 12.4. The lowest BCUT2D eigenvalue weighted by Crippen LogP contribution is -2.13. The van der Waals surface area contributed by atoms with Crippen LogP contribution in [0.25, 0.3) is 22.4 Å². The molecule has 0 aliphatic carbocycles. The van der Waals surface area contributed by atoms with Crippen molar-refractivity contribution < 1.29 is 13.2 Å². The first-order valence-corrected chi connectivity index (χ1v) is 10.1. The first-order valence-electron chi connectivity index (χ1n) is 8.21. The summed E-state index contributed by atoms with van der Waals surface area (Å²) in [7, 11) is -1.83. The summed E-state index contributed by atoms with van der Waals surface area (Å²) in [6, 6.07) is 17.3. The molecule has 3 aromatic rings. The molecule has 2 aromatic carbocycles. The van der Waals surface area contributed by atoms with Crippen LogP contribution in [0.5, 0.6) is 5.75 Å². The molecule has 3 rings (SSSR count). The number of methoxy groups -OCH3 is 1. The molecule has 0 atom stereocenters. The van der Waals surface area contributed by atoms with Crippen molar-refractivity contribution >= 4 is 15.7 Å². The standard InChI is InChI=1S/C20H17N3O4S/c1-27-16-5-3-4-14(10-16)17-11-19(22-20(24)18(17)12-21)13-6-8-15(9-7-13)23-28(2,25)26/h3-11,23H,1-2H3,(H,22,24). The number of anilines is 1. The van der Waals surface area contributed by atoms with Gasteiger partial charge in [-0.3, -0.25) is 9.52 Å². The molecule has 0 saturated heterocycles. The molecule has 1 aromatic heterocycles. The minimum Gasteiger partial charge on any atom is -0.497 e. The molecule has 7 nitrogen and oxygen atoms in total. The molecule has 0 radical (unpaired) electrons. The van der Waals surface area contributed by atoms with Crippen LogP contribution in [0.3, 0.4) is 0 Å². The Morgan fingerprint density at radius 1 is 1.07 bits per heavy atom. The maximum Gasteiger partial charge on any atom is 0.266 e. The molecule has 8 heteroatoms. The van der Waals surface area contributed by atoms with E-state index in [-0.39, 0.29) is 5.56 Å². The quantitative estimate of drug-likeness (QED) is 0.690. The summed E-state index contributed by atoms with van der Waals surface area (Å²) in [5.41, 5.74) is 2.26. The fourth-order valence-electron chi connectivity index (χ4n) is 2.78. The van der Waals surface area contributed by atoms with Crippen LogP contribution in [-0.2, 0) is 10.0 Å². The van der Waals surface area contributed by atoms with Gasteiger partial charge in [0.15, 0.2) is 0 Å². The largest absolute Gasteiger partial charge is 0.497 e. The van der Waals surface area contributed by atoms with Crippen molar-refractivity contribution in [1.82, 2.24) is 4.98 Å². The molecule has 0 aliphatic heterocycles. The Kier molecular flexibility index (Phi) is 5.20. The van der Waals surface area contributed by atoms with Crippen LogP contribution in [0, 0.1) is 11.3 Å². The van der Waals surface area contributed by atoms with E-state index in [1.165, 1.54) is 0 Å². The number of nitriles is 1. The van der Waals surface area contributed by atoms with Gasteiger partial charge < -0.3 is 9.72 Å². The summed E-state index contributed by atoms with van der Waals surface area (Å²) >= 11 is 0. The number of rotatable bonds is 5. The van der Waals surface area contributed by atoms with Gasteiger partial charge in [0, 0.05) is 16.9 Å². The van der Waals surface area contributed by atoms with Crippen molar-refractivity contribution in [2.45, 2.75) is 0 Å². The van der Waals surface area contributed by atoms with Gasteiger partial charge in [-0.05, 0) is 41.5 Å². The van der Waals surface area contributed by atoms with E-state index in [0.717, 1.165) is 6.26 Å². The van der Waals surface area contributed by atoms with Gasteiger partial charge in [0.2, 0.25) is 10.0 Å². The van der Waals surface area contributed by atoms with Gasteiger partial charge in [-0.15, -0.1) is 0 Å². The van der Waals surface area contributed by atoms with Crippen LogP contribution < -0.4 is 15.0 Å². The van der Waals surface area contributed by atoms with Crippen LogP contribution in [0.2, 0.25) is 0 Å². The number of aromatic amines is 1. The van der Waals surface area contributed by atoms with Gasteiger partial charge in [-0.1, -0.05) is 24.3 Å². The number of hydrogen-bond donors (Lipinski definition) is 2. The number of sulfonamides is 1. The molecule has 0 aliphatic rings. The number of aromatic nitrogens is 1. The molecular weight excluding hydrogens is 378 g/mol. The van der Waals surface area contributed by atoms with Gasteiger partial charge in [0.1, 0.15) is 17.4 Å². The molecule has 28 heavy (non-hydrogen) atoms. The third-order valence-corrected chi connectivity index (χ3v) is 4.63. The Hall–Kier alpha value is -3.57. The summed E-state index contributed by atoms with van der Waals surface area (Å²) in [4.78, 5) is 15.1. The van der Waals surface area contributed by atoms with Crippen molar-refractivity contribution in [3.63, 3.8) is 0 Å². The number of ether oxygens (including phenoxy) is 1. The van der Waals surface area contributed by atoms with Crippen LogP contribution in [-0.4, -0.2) is 26.8 Å². The summed E-state index contributed by atoms with van der Waals surface area (Å²) in [6.07, 6.45) is 1.07. The minimum atomic E-state index is -3.38. The van der Waals surface area contributed by atoms with Crippen LogP contribution in [0.15, 0.2) is 59.4 Å². The molecule has 2 N–H and O–H groups in total. The Morgan fingerprint density at radius 3 is 2.39 bits per heavy atom. The van der Waals surface area contributed by atoms with Crippen LogP contribution in [0.1, 0.15) is 5.56 Å². The highest BCUT2D eigenvalue weighted by Crippen LogP contribution is 2.29. The van der Waals surface area contributed by atoms with Crippen molar-refractivity contribution in [2.75, 3.05) is 18.1 Å². The number of nitrogens with one attached hydrogen (secondary N) is 2. The van der Waals surface area contributed by atoms with Gasteiger partial charge in [-0.2, -0.15) is 5.26 Å². The second kappa shape index (κ2) is 7.58. The highest BCUT2D eigenvalue weighted by molar-refractivity contribution is 7.92. The lowest BCUT2D eigenvalue weighted by Gasteiger charge is -2.10. The normalized spacial score (nSPS) is 10.9. The average molecular weight is 395 g/mol. The Balaban J connectivity index is 2.10. The summed E-state index contributed by atoms with van der Waals surface area (Å²) in [6.45, 7) is 0. The van der Waals surface area contributed by atoms with Crippen molar-refractivity contribution in [2.24, 2.45) is 0 Å². The highest BCUT2D eigenvalue weighted by Gasteiger charge is 2.13. The van der Waals surface area contributed by atoms with E-state index in [9.17, 15) is 18.5 Å². The minimum absolute atomic E-state index is 0.00682. The van der Waals surface area contributed by atoms with Gasteiger partial charge in [0.25, 0.3) is 5.56 Å². The SMILES string of the molecule is COc1cccc(-c2cc(-c3ccc(NS(C)(=O)=O)cc3)[nH]c(=O)c2C#N)c1. The van der Waals surface area contributed by atoms with E-state index in [1.807, 2.05) is 6.07 Å². The summed E-state index contributed by atoms with van der Waals surface area (Å²) in [5.74, 6) is 0.611. The molecule has 142 valence electrons. The molecule has 1 heterocycles. The first-order chi connectivity index (χ1) is 13.3. The molecule has 0 fully saturated rings. The lowest BCUT2D eigenvalue weighted by molar-refractivity contribution is 0.415. The zero-order valence-corrected chi connectivity index (χ0v) is 16.0. The van der Waals surface area contributed by atoms with Gasteiger partial charge >= 0.3 is 0 Å². The summed E-state index contributed by atoms with van der Waals surface area (Å²) < 4.78 is 30.3. The smallest absolute Gasteiger partial charge is 0.266 e. The molecule has 0 spiro atoms. The first kappa shape index (κ1) is 19.2. The monoisotopic (exact) mass is 395 g/mol. The maximum atomic E-state index is 12.4. The van der Waals surface area contributed by atoms with E-state index in [0.29, 0.717) is 33.8 Å². The number of benzene rings is 2. The average Bonchev–Trinajstić information content (AvgIpc) is 2.66. The molecule has 0 amide bonds. The zero-order chi connectivity index (χ0) is 20.3. The lowest BCUT2D eigenvalue weighted by atomic mass is 9.99. The predicted octanol–water partition coefficient (Wildman–Crippen LogP) is 2.96. The number of pyridine rings is 1. The van der Waals surface area contributed by atoms with E-state index in [4.69, 9.17) is 4.74 Å². The van der Waals surface area contributed by atoms with E-state index in [2.05, 4.69) is 9.71 Å². The number of H-pyrrole nitrogens is 1.